The molecule has 0 bridgehead atoms. The minimum absolute atomic E-state index is 0.217. The van der Waals surface area contributed by atoms with Crippen LogP contribution in [-0.2, 0) is 4.74 Å². The Morgan fingerprint density at radius 3 is 2.63 bits per heavy atom. The van der Waals surface area contributed by atoms with E-state index in [1.54, 1.807) is 39.0 Å². The summed E-state index contributed by atoms with van der Waals surface area (Å²) in [6.45, 7) is 5.59. The Morgan fingerprint density at radius 1 is 1.42 bits per heavy atom. The van der Waals surface area contributed by atoms with Crippen LogP contribution in [0.4, 0.5) is 4.79 Å². The highest BCUT2D eigenvalue weighted by Gasteiger charge is 2.17. The van der Waals surface area contributed by atoms with Crippen molar-refractivity contribution >= 4 is 29.3 Å². The molecule has 3 N–H and O–H groups in total. The molecule has 1 atom stereocenters. The maximum atomic E-state index is 11.5. The zero-order valence-corrected chi connectivity index (χ0v) is 12.7. The van der Waals surface area contributed by atoms with Gasteiger partial charge < -0.3 is 15.8 Å². The summed E-state index contributed by atoms with van der Waals surface area (Å²) in [5.74, 6) is 0. The maximum Gasteiger partial charge on any atom is 0.407 e. The van der Waals surface area contributed by atoms with Gasteiger partial charge in [-0.05, 0) is 44.5 Å². The SMILES string of the molecule is CC(C)(C)OC(=O)NCC(N)c1cc(Cl)ccc1Cl. The summed E-state index contributed by atoms with van der Waals surface area (Å²) < 4.78 is 5.11. The number of rotatable bonds is 3. The molecule has 1 amide bonds. The summed E-state index contributed by atoms with van der Waals surface area (Å²) in [6.07, 6.45) is -0.513. The third-order valence-corrected chi connectivity index (χ3v) is 2.80. The summed E-state index contributed by atoms with van der Waals surface area (Å²) in [7, 11) is 0. The number of hydrogen-bond donors (Lipinski definition) is 2. The van der Waals surface area contributed by atoms with E-state index < -0.39 is 17.7 Å². The Kier molecular flexibility index (Phi) is 5.47. The van der Waals surface area contributed by atoms with Crippen molar-refractivity contribution in [2.45, 2.75) is 32.4 Å². The fourth-order valence-corrected chi connectivity index (χ4v) is 1.85. The quantitative estimate of drug-likeness (QED) is 0.898. The van der Waals surface area contributed by atoms with Crippen molar-refractivity contribution in [3.8, 4) is 0 Å². The molecule has 0 radical (unpaired) electrons. The van der Waals surface area contributed by atoms with Crippen molar-refractivity contribution in [3.63, 3.8) is 0 Å². The zero-order chi connectivity index (χ0) is 14.6. The predicted molar refractivity (Wildman–Crippen MR) is 77.6 cm³/mol. The van der Waals surface area contributed by atoms with Gasteiger partial charge in [0.2, 0.25) is 0 Å². The molecule has 0 heterocycles. The first-order chi connectivity index (χ1) is 8.69. The van der Waals surface area contributed by atoms with Crippen LogP contribution in [0.15, 0.2) is 18.2 Å². The van der Waals surface area contributed by atoms with Gasteiger partial charge in [-0.2, -0.15) is 0 Å². The molecule has 19 heavy (non-hydrogen) atoms. The van der Waals surface area contributed by atoms with E-state index in [0.29, 0.717) is 15.6 Å². The Labute approximate surface area is 123 Å². The Bertz CT molecular complexity index is 458. The minimum atomic E-state index is -0.540. The minimum Gasteiger partial charge on any atom is -0.444 e. The van der Waals surface area contributed by atoms with Crippen molar-refractivity contribution < 1.29 is 9.53 Å². The number of carbonyl (C=O) groups is 1. The molecule has 6 heteroatoms. The van der Waals surface area contributed by atoms with Crippen LogP contribution in [0, 0.1) is 0 Å². The molecular weight excluding hydrogens is 287 g/mol. The first kappa shape index (κ1) is 16.1. The standard InChI is InChI=1S/C13H18Cl2N2O2/c1-13(2,3)19-12(18)17-7-11(16)9-6-8(14)4-5-10(9)15/h4-6,11H,7,16H2,1-3H3,(H,17,18). The third-order valence-electron chi connectivity index (χ3n) is 2.22. The van der Waals surface area contributed by atoms with Gasteiger partial charge in [0.25, 0.3) is 0 Å². The zero-order valence-electron chi connectivity index (χ0n) is 11.2. The van der Waals surface area contributed by atoms with Crippen LogP contribution < -0.4 is 11.1 Å². The molecule has 0 aliphatic heterocycles. The van der Waals surface area contributed by atoms with E-state index >= 15 is 0 Å². The van der Waals surface area contributed by atoms with E-state index in [9.17, 15) is 4.79 Å². The summed E-state index contributed by atoms with van der Waals surface area (Å²) in [5.41, 5.74) is 6.11. The summed E-state index contributed by atoms with van der Waals surface area (Å²) in [4.78, 5) is 11.5. The second-order valence-electron chi connectivity index (χ2n) is 5.16. The second-order valence-corrected chi connectivity index (χ2v) is 6.00. The number of benzene rings is 1. The summed E-state index contributed by atoms with van der Waals surface area (Å²) in [5, 5.41) is 3.66. The van der Waals surface area contributed by atoms with Crippen molar-refractivity contribution in [1.82, 2.24) is 5.32 Å². The lowest BCUT2D eigenvalue weighted by Gasteiger charge is -2.21. The van der Waals surface area contributed by atoms with Gasteiger partial charge in [-0.3, -0.25) is 0 Å². The first-order valence-corrected chi connectivity index (χ1v) is 6.62. The molecular formula is C13H18Cl2N2O2. The van der Waals surface area contributed by atoms with Crippen LogP contribution >= 0.6 is 23.2 Å². The number of nitrogens with two attached hydrogens (primary N) is 1. The molecule has 0 aliphatic rings. The van der Waals surface area contributed by atoms with Crippen molar-refractivity contribution in [2.75, 3.05) is 6.54 Å². The normalized spacial score (nSPS) is 12.9. The van der Waals surface area contributed by atoms with Crippen molar-refractivity contribution in [1.29, 1.82) is 0 Å². The van der Waals surface area contributed by atoms with Crippen molar-refractivity contribution in [3.05, 3.63) is 33.8 Å². The highest BCUT2D eigenvalue weighted by Crippen LogP contribution is 2.24. The largest absolute Gasteiger partial charge is 0.444 e. The van der Waals surface area contributed by atoms with Crippen LogP contribution in [-0.4, -0.2) is 18.2 Å². The summed E-state index contributed by atoms with van der Waals surface area (Å²) >= 11 is 11.9. The summed E-state index contributed by atoms with van der Waals surface area (Å²) in [6, 6.07) is 4.60. The molecule has 4 nitrogen and oxygen atoms in total. The maximum absolute atomic E-state index is 11.5. The molecule has 1 aromatic carbocycles. The Balaban J connectivity index is 2.58. The monoisotopic (exact) mass is 304 g/mol. The van der Waals surface area contributed by atoms with Gasteiger partial charge in [0, 0.05) is 22.6 Å². The van der Waals surface area contributed by atoms with Gasteiger partial charge in [0.05, 0.1) is 0 Å². The fraction of sp³-hybridized carbons (Fsp3) is 0.462. The van der Waals surface area contributed by atoms with E-state index in [1.807, 2.05) is 0 Å². The van der Waals surface area contributed by atoms with Crippen LogP contribution in [0.2, 0.25) is 10.0 Å². The van der Waals surface area contributed by atoms with E-state index in [4.69, 9.17) is 33.7 Å². The lowest BCUT2D eigenvalue weighted by molar-refractivity contribution is 0.0524. The lowest BCUT2D eigenvalue weighted by Crippen LogP contribution is -2.36. The number of hydrogen-bond acceptors (Lipinski definition) is 3. The molecule has 1 rings (SSSR count). The van der Waals surface area contributed by atoms with Crippen molar-refractivity contribution in [2.24, 2.45) is 5.73 Å². The highest BCUT2D eigenvalue weighted by molar-refractivity contribution is 6.33. The average molecular weight is 305 g/mol. The molecule has 0 saturated carbocycles. The average Bonchev–Trinajstić information content (AvgIpc) is 2.27. The molecule has 106 valence electrons. The molecule has 1 aromatic rings. The van der Waals surface area contributed by atoms with Gasteiger partial charge in [-0.1, -0.05) is 23.2 Å². The van der Waals surface area contributed by atoms with E-state index in [-0.39, 0.29) is 6.54 Å². The van der Waals surface area contributed by atoms with Crippen LogP contribution in [0.1, 0.15) is 32.4 Å². The smallest absolute Gasteiger partial charge is 0.407 e. The van der Waals surface area contributed by atoms with E-state index in [1.165, 1.54) is 0 Å². The van der Waals surface area contributed by atoms with Gasteiger partial charge in [0.15, 0.2) is 0 Å². The Hall–Kier alpha value is -0.970. The fourth-order valence-electron chi connectivity index (χ4n) is 1.42. The third kappa shape index (κ3) is 5.68. The van der Waals surface area contributed by atoms with Crippen LogP contribution in [0.25, 0.3) is 0 Å². The van der Waals surface area contributed by atoms with E-state index in [0.717, 1.165) is 0 Å². The van der Waals surface area contributed by atoms with Gasteiger partial charge in [-0.25, -0.2) is 4.79 Å². The number of halogens is 2. The van der Waals surface area contributed by atoms with E-state index in [2.05, 4.69) is 5.32 Å². The molecule has 0 aliphatic carbocycles. The number of ether oxygens (including phenoxy) is 1. The predicted octanol–water partition coefficient (Wildman–Crippen LogP) is 3.52. The Morgan fingerprint density at radius 2 is 2.05 bits per heavy atom. The van der Waals surface area contributed by atoms with Gasteiger partial charge in [0.1, 0.15) is 5.60 Å². The van der Waals surface area contributed by atoms with Crippen LogP contribution in [0.5, 0.6) is 0 Å². The number of carbonyl (C=O) groups excluding carboxylic acids is 1. The number of alkyl carbamates (subject to hydrolysis) is 1. The van der Waals surface area contributed by atoms with Gasteiger partial charge in [-0.15, -0.1) is 0 Å². The second kappa shape index (κ2) is 6.46. The highest BCUT2D eigenvalue weighted by atomic mass is 35.5. The lowest BCUT2D eigenvalue weighted by atomic mass is 10.1. The molecule has 0 saturated heterocycles. The molecule has 0 aromatic heterocycles. The van der Waals surface area contributed by atoms with Crippen LogP contribution in [0.3, 0.4) is 0 Å². The molecule has 1 unspecified atom stereocenters. The number of nitrogens with one attached hydrogen (secondary N) is 1. The molecule has 0 fully saturated rings. The topological polar surface area (TPSA) is 64.3 Å². The molecule has 0 spiro atoms. The first-order valence-electron chi connectivity index (χ1n) is 5.86. The number of amides is 1. The van der Waals surface area contributed by atoms with Gasteiger partial charge >= 0.3 is 6.09 Å².